The van der Waals surface area contributed by atoms with Gasteiger partial charge in [0.2, 0.25) is 11.9 Å². The van der Waals surface area contributed by atoms with Crippen molar-refractivity contribution in [2.75, 3.05) is 39.1 Å². The average Bonchev–Trinajstić information content (AvgIpc) is 2.05. The Morgan fingerprint density at radius 2 is 1.14 bits per heavy atom. The number of carbonyl (C=O) groups is 2. The molecule has 9 rings (SSSR count). The quantitative estimate of drug-likeness (QED) is 0.0657. The van der Waals surface area contributed by atoms with Crippen molar-refractivity contribution in [3.63, 3.8) is 0 Å². The van der Waals surface area contributed by atoms with Gasteiger partial charge in [0.25, 0.3) is 11.1 Å². The summed E-state index contributed by atoms with van der Waals surface area (Å²) in [6.07, 6.45) is -2.19. The molecule has 2 aromatic carbocycles. The number of carbonyl (C=O) groups excluding carboxylic acids is 2. The van der Waals surface area contributed by atoms with Crippen molar-refractivity contribution in [1.29, 1.82) is 0 Å². The fourth-order valence-corrected chi connectivity index (χ4v) is 8.52. The van der Waals surface area contributed by atoms with Gasteiger partial charge in [-0.05, 0) is 130 Å². The highest BCUT2D eigenvalue weighted by Crippen LogP contribution is 2.37. The molecule has 0 unspecified atom stereocenters. The van der Waals surface area contributed by atoms with Crippen LogP contribution in [0.1, 0.15) is 76.6 Å². The van der Waals surface area contributed by atoms with E-state index in [-0.39, 0.29) is 51.5 Å². The van der Waals surface area contributed by atoms with Crippen molar-refractivity contribution in [2.45, 2.75) is 72.0 Å². The van der Waals surface area contributed by atoms with Crippen molar-refractivity contribution in [3.05, 3.63) is 156 Å². The summed E-state index contributed by atoms with van der Waals surface area (Å²) in [5.74, 6) is 0.152. The first-order chi connectivity index (χ1) is 39.7. The van der Waals surface area contributed by atoms with E-state index in [0.29, 0.717) is 32.8 Å². The Labute approximate surface area is 490 Å². The molecule has 1 fully saturated rings. The number of rotatable bonds is 12. The second-order valence-corrected chi connectivity index (χ2v) is 20.8. The molecule has 7 heterocycles. The Kier molecular flexibility index (Phi) is 18.8. The smallest absolute Gasteiger partial charge is 0.496 e. The Morgan fingerprint density at radius 3 is 1.62 bits per heavy atom. The maximum atomic E-state index is 13.5. The van der Waals surface area contributed by atoms with Gasteiger partial charge in [-0.25, -0.2) is 28.9 Å². The number of esters is 2. The summed E-state index contributed by atoms with van der Waals surface area (Å²) < 4.78 is 115. The zero-order chi connectivity index (χ0) is 62.7. The van der Waals surface area contributed by atoms with Crippen molar-refractivity contribution in [3.8, 4) is 34.3 Å². The number of aryl methyl sites for hydroxylation is 5. The molecular weight excluding hydrogens is 1190 g/mol. The molecule has 0 aliphatic carbocycles. The highest BCUT2D eigenvalue weighted by atomic mass is 79.9. The first kappa shape index (κ1) is 63.7. The van der Waals surface area contributed by atoms with E-state index >= 15 is 0 Å². The van der Waals surface area contributed by atoms with Gasteiger partial charge in [-0.15, -0.1) is 0 Å². The Balaban J connectivity index is 0.000000192. The van der Waals surface area contributed by atoms with Gasteiger partial charge in [-0.3, -0.25) is 9.59 Å². The summed E-state index contributed by atoms with van der Waals surface area (Å²) in [5, 5.41) is 13.3. The Hall–Kier alpha value is -8.90. The molecule has 0 saturated carbocycles. The van der Waals surface area contributed by atoms with E-state index in [1.807, 2.05) is 65.8 Å². The lowest BCUT2D eigenvalue weighted by Crippen LogP contribution is -2.41. The Bertz CT molecular complexity index is 3930. The van der Waals surface area contributed by atoms with Crippen LogP contribution < -0.4 is 36.7 Å². The molecule has 85 heavy (non-hydrogen) atoms. The van der Waals surface area contributed by atoms with E-state index in [4.69, 9.17) is 23.5 Å². The third kappa shape index (κ3) is 14.7. The summed E-state index contributed by atoms with van der Waals surface area (Å²) in [4.78, 5) is 65.5. The van der Waals surface area contributed by atoms with E-state index in [2.05, 4.69) is 61.4 Å². The summed E-state index contributed by atoms with van der Waals surface area (Å²) >= 11 is 3.23. The maximum absolute atomic E-state index is 13.5. The third-order valence-corrected chi connectivity index (χ3v) is 13.6. The lowest BCUT2D eigenvalue weighted by atomic mass is 9.79. The number of hydrogen-bond acceptors (Lipinski definition) is 18. The van der Waals surface area contributed by atoms with Crippen LogP contribution >= 0.6 is 15.9 Å². The number of nitrogens with one attached hydrogen (secondary N) is 2. The molecule has 6 aromatic heterocycles. The lowest BCUT2D eigenvalue weighted by molar-refractivity contribution is -0.142. The molecule has 1 aliphatic heterocycles. The highest BCUT2D eigenvalue weighted by Gasteiger charge is 2.52. The first-order valence-electron chi connectivity index (χ1n) is 25.2. The molecule has 1 saturated heterocycles. The molecule has 0 atom stereocenters. The van der Waals surface area contributed by atoms with Gasteiger partial charge in [0.05, 0.1) is 44.1 Å². The summed E-state index contributed by atoms with van der Waals surface area (Å²) in [6.45, 7) is 13.0. The minimum Gasteiger partial charge on any atom is -0.497 e. The van der Waals surface area contributed by atoms with Crippen LogP contribution in [0.15, 0.2) is 106 Å². The van der Waals surface area contributed by atoms with Crippen LogP contribution in [0, 0.1) is 20.8 Å². The number of hydrogen-bond donors (Lipinski definition) is 2. The topological polar surface area (TPSA) is 245 Å². The largest absolute Gasteiger partial charge is 0.497 e. The second kappa shape index (κ2) is 25.1. The monoisotopic (exact) mass is 1250 g/mol. The number of pyridine rings is 2. The average molecular weight is 1250 g/mol. The minimum absolute atomic E-state index is 0.00965. The van der Waals surface area contributed by atoms with Crippen LogP contribution in [-0.4, -0.2) is 107 Å². The van der Waals surface area contributed by atoms with Crippen LogP contribution in [0.25, 0.3) is 22.8 Å². The first-order valence-corrected chi connectivity index (χ1v) is 26.0. The van der Waals surface area contributed by atoms with Crippen molar-refractivity contribution < 1.29 is 64.2 Å². The number of benzene rings is 2. The number of alkyl halides is 6. The number of methoxy groups -OCH3 is 4. The highest BCUT2D eigenvalue weighted by molar-refractivity contribution is 9.10. The summed E-state index contributed by atoms with van der Waals surface area (Å²) in [7, 11) is 7.83. The van der Waals surface area contributed by atoms with Crippen molar-refractivity contribution in [1.82, 2.24) is 48.6 Å². The van der Waals surface area contributed by atoms with Crippen LogP contribution in [-0.2, 0) is 45.2 Å². The Morgan fingerprint density at radius 1 is 0.647 bits per heavy atom. The van der Waals surface area contributed by atoms with Gasteiger partial charge in [0.15, 0.2) is 23.0 Å². The van der Waals surface area contributed by atoms with Crippen LogP contribution in [0.5, 0.6) is 11.5 Å². The van der Waals surface area contributed by atoms with Crippen molar-refractivity contribution >= 4 is 63.7 Å². The summed E-state index contributed by atoms with van der Waals surface area (Å²) in [5.41, 5.74) is -0.00496. The summed E-state index contributed by atoms with van der Waals surface area (Å²) in [6, 6.07) is 15.4. The van der Waals surface area contributed by atoms with Crippen LogP contribution in [0.2, 0.25) is 0 Å². The number of nitrogens with zero attached hydrogens (tertiary/aromatic N) is 10. The SMILES string of the molecule is COC(=O)c1cc(-c2cnc(Nc3cc(C)cc(OC)c3)nc2-n2nc(C(F)(F)F)cc2C)cn(C)c1=O.COC(=O)c1cc(B2OC(C)(C)C(C)(C)O2)cn(C)c1=O.COc1cc(C)cc(Nc2ncc(Br)c(-n3ccc(C(F)(F)F)n3)n2)c1. The maximum Gasteiger partial charge on any atom is 0.496 e. The fourth-order valence-electron chi connectivity index (χ4n) is 8.15. The number of ether oxygens (including phenoxy) is 4. The fraction of sp³-hybridized carbons (Fsp3) is 0.309. The van der Waals surface area contributed by atoms with Gasteiger partial charge < -0.3 is 48.0 Å². The molecule has 8 aromatic rings. The van der Waals surface area contributed by atoms with Gasteiger partial charge >= 0.3 is 31.4 Å². The molecule has 0 radical (unpaired) electrons. The van der Waals surface area contributed by atoms with E-state index in [9.17, 15) is 45.5 Å². The third-order valence-electron chi connectivity index (χ3n) is 13.1. The molecule has 448 valence electrons. The van der Waals surface area contributed by atoms with E-state index < -0.39 is 65.1 Å². The zero-order valence-electron chi connectivity index (χ0n) is 47.9. The molecule has 0 amide bonds. The number of anilines is 4. The molecule has 0 bridgehead atoms. The molecule has 30 heteroatoms. The molecule has 22 nitrogen and oxygen atoms in total. The number of halogens is 7. The predicted molar refractivity (Wildman–Crippen MR) is 304 cm³/mol. The van der Waals surface area contributed by atoms with Gasteiger partial charge in [0, 0.05) is 85.4 Å². The standard InChI is InChI=1S/C25H23F3N6O4.C16H13BrF3N5O.C14H20BNO5/c1-13-6-16(10-17(7-13)37-4)30-24-29-11-19(15-9-18(23(36)38-5)22(35)33(3)12-15)21(31-24)34-14(2)8-20(32-34)25(26,27)28;1-9-5-10(7-11(6-9)26-2)22-15-21-8-12(17)14(23-15)25-4-3-13(24-25)16(18,19)20;1-13(2)14(3,4)21-15(20-13)9-7-10(12(18)19-6)11(17)16(5)8-9/h6-12H,1-5H3,(H,29,30,31);3-8H,1-2H3,(H,21,22,23);7-8H,1-6H3. The van der Waals surface area contributed by atoms with Crippen LogP contribution in [0.4, 0.5) is 49.6 Å². The zero-order valence-corrected chi connectivity index (χ0v) is 49.5. The van der Waals surface area contributed by atoms with Crippen molar-refractivity contribution in [2.24, 2.45) is 14.1 Å². The van der Waals surface area contributed by atoms with E-state index in [0.717, 1.165) is 44.3 Å². The van der Waals surface area contributed by atoms with Gasteiger partial charge in [-0.1, -0.05) is 0 Å². The predicted octanol–water partition coefficient (Wildman–Crippen LogP) is 9.18. The van der Waals surface area contributed by atoms with Crippen LogP contribution in [0.3, 0.4) is 0 Å². The van der Waals surface area contributed by atoms with E-state index in [1.165, 1.54) is 69.7 Å². The van der Waals surface area contributed by atoms with Gasteiger partial charge in [0.1, 0.15) is 22.6 Å². The molecule has 2 N–H and O–H groups in total. The molecule has 0 spiro atoms. The van der Waals surface area contributed by atoms with Gasteiger partial charge in [-0.2, -0.15) is 46.5 Å². The lowest BCUT2D eigenvalue weighted by Gasteiger charge is -2.32. The normalized spacial score (nSPS) is 13.4. The minimum atomic E-state index is -4.68. The molecule has 1 aliphatic rings. The van der Waals surface area contributed by atoms with E-state index in [1.54, 1.807) is 32.5 Å². The second-order valence-electron chi connectivity index (χ2n) is 20.0. The number of aromatic nitrogens is 10. The molecular formula is C55H56BBrF6N12O10.